The van der Waals surface area contributed by atoms with Crippen LogP contribution in [0.3, 0.4) is 0 Å². The Morgan fingerprint density at radius 1 is 1.44 bits per heavy atom. The highest BCUT2D eigenvalue weighted by molar-refractivity contribution is 7.20. The van der Waals surface area contributed by atoms with Gasteiger partial charge in [0.25, 0.3) is 0 Å². The number of ether oxygens (including phenoxy) is 2. The molecule has 4 rings (SSSR count). The van der Waals surface area contributed by atoms with Gasteiger partial charge in [-0.1, -0.05) is 23.7 Å². The van der Waals surface area contributed by atoms with Gasteiger partial charge in [0.15, 0.2) is 0 Å². The number of aromatic nitrogens is 2. The molecule has 8 heteroatoms. The minimum atomic E-state index is -0.820. The third kappa shape index (κ3) is 2.79. The first-order valence-corrected chi connectivity index (χ1v) is 8.86. The lowest BCUT2D eigenvalue weighted by atomic mass is 10.3. The number of carbonyl (C=O) groups excluding carboxylic acids is 2. The first-order valence-electron chi connectivity index (χ1n) is 7.66. The molecule has 128 valence electrons. The molecule has 1 saturated heterocycles. The van der Waals surface area contributed by atoms with Crippen molar-refractivity contribution in [2.75, 3.05) is 6.61 Å². The van der Waals surface area contributed by atoms with Crippen LogP contribution in [0.5, 0.6) is 0 Å². The van der Waals surface area contributed by atoms with Gasteiger partial charge in [-0.05, 0) is 25.1 Å². The Morgan fingerprint density at radius 3 is 2.96 bits per heavy atom. The summed E-state index contributed by atoms with van der Waals surface area (Å²) in [4.78, 5) is 25.0. The maximum absolute atomic E-state index is 12.4. The van der Waals surface area contributed by atoms with Crippen molar-refractivity contribution < 1.29 is 19.1 Å². The predicted octanol–water partition coefficient (Wildman–Crippen LogP) is 3.52. The first-order chi connectivity index (χ1) is 12.0. The van der Waals surface area contributed by atoms with Crippen LogP contribution in [0.1, 0.15) is 21.8 Å². The maximum Gasteiger partial charge on any atom is 0.349 e. The zero-order valence-corrected chi connectivity index (χ0v) is 14.8. The van der Waals surface area contributed by atoms with Gasteiger partial charge in [0.2, 0.25) is 6.10 Å². The van der Waals surface area contributed by atoms with Gasteiger partial charge in [0.1, 0.15) is 9.71 Å². The number of halogens is 1. The van der Waals surface area contributed by atoms with Crippen LogP contribution < -0.4 is 0 Å². The van der Waals surface area contributed by atoms with E-state index >= 15 is 0 Å². The number of benzene rings is 1. The molecule has 0 bridgehead atoms. The van der Waals surface area contributed by atoms with Crippen molar-refractivity contribution in [1.29, 1.82) is 0 Å². The molecule has 1 aliphatic rings. The molecule has 25 heavy (non-hydrogen) atoms. The second-order valence-corrected chi connectivity index (χ2v) is 7.07. The fourth-order valence-corrected chi connectivity index (χ4v) is 3.98. The highest BCUT2D eigenvalue weighted by Gasteiger charge is 2.31. The Labute approximate surface area is 151 Å². The van der Waals surface area contributed by atoms with E-state index < -0.39 is 18.0 Å². The summed E-state index contributed by atoms with van der Waals surface area (Å²) >= 11 is 7.52. The number of rotatable bonds is 3. The number of hydrogen-bond acceptors (Lipinski definition) is 6. The lowest BCUT2D eigenvalue weighted by Gasteiger charge is -2.06. The Bertz CT molecular complexity index is 994. The van der Waals surface area contributed by atoms with Crippen molar-refractivity contribution in [3.05, 3.63) is 45.9 Å². The number of thiophene rings is 1. The molecule has 3 heterocycles. The number of fused-ring (bicyclic) bond motifs is 1. The molecule has 0 saturated carbocycles. The summed E-state index contributed by atoms with van der Waals surface area (Å²) in [5.41, 5.74) is 1.52. The van der Waals surface area contributed by atoms with Gasteiger partial charge >= 0.3 is 11.9 Å². The molecule has 6 nitrogen and oxygen atoms in total. The number of aryl methyl sites for hydroxylation is 1. The average molecular weight is 377 g/mol. The SMILES string of the molecule is Cc1nn(-c2ccccc2Cl)c2sc(C(=O)O[C@H]3CCOC3=O)cc12. The van der Waals surface area contributed by atoms with E-state index in [4.69, 9.17) is 21.1 Å². The molecule has 0 radical (unpaired) electrons. The summed E-state index contributed by atoms with van der Waals surface area (Å²) in [5.74, 6) is -1.02. The molecule has 2 aromatic heterocycles. The predicted molar refractivity (Wildman–Crippen MR) is 93.5 cm³/mol. The summed E-state index contributed by atoms with van der Waals surface area (Å²) in [6, 6.07) is 9.10. The van der Waals surface area contributed by atoms with Gasteiger partial charge < -0.3 is 9.47 Å². The van der Waals surface area contributed by atoms with Crippen molar-refractivity contribution in [3.63, 3.8) is 0 Å². The van der Waals surface area contributed by atoms with Crippen LogP contribution in [0.4, 0.5) is 0 Å². The van der Waals surface area contributed by atoms with E-state index in [2.05, 4.69) is 5.10 Å². The molecule has 0 spiro atoms. The van der Waals surface area contributed by atoms with E-state index in [9.17, 15) is 9.59 Å². The smallest absolute Gasteiger partial charge is 0.349 e. The Kier molecular flexibility index (Phi) is 3.97. The summed E-state index contributed by atoms with van der Waals surface area (Å²) in [6.07, 6.45) is -0.430. The van der Waals surface area contributed by atoms with E-state index in [1.54, 1.807) is 16.8 Å². The molecule has 1 aromatic carbocycles. The largest absolute Gasteiger partial charge is 0.463 e. The molecule has 1 aliphatic heterocycles. The van der Waals surface area contributed by atoms with Crippen molar-refractivity contribution in [1.82, 2.24) is 9.78 Å². The highest BCUT2D eigenvalue weighted by Crippen LogP contribution is 2.33. The van der Waals surface area contributed by atoms with Crippen molar-refractivity contribution >= 4 is 45.1 Å². The Balaban J connectivity index is 1.71. The highest BCUT2D eigenvalue weighted by atomic mass is 35.5. The van der Waals surface area contributed by atoms with E-state index in [0.29, 0.717) is 16.3 Å². The quantitative estimate of drug-likeness (QED) is 0.654. The van der Waals surface area contributed by atoms with Crippen molar-refractivity contribution in [3.8, 4) is 5.69 Å². The third-order valence-corrected chi connectivity index (χ3v) is 5.37. The molecular weight excluding hydrogens is 364 g/mol. The van der Waals surface area contributed by atoms with Crippen LogP contribution in [0.15, 0.2) is 30.3 Å². The molecule has 0 unspecified atom stereocenters. The van der Waals surface area contributed by atoms with Gasteiger partial charge in [-0.25, -0.2) is 14.3 Å². The normalized spacial score (nSPS) is 17.0. The Morgan fingerprint density at radius 2 is 2.24 bits per heavy atom. The van der Waals surface area contributed by atoms with Gasteiger partial charge in [0, 0.05) is 11.8 Å². The van der Waals surface area contributed by atoms with E-state index in [-0.39, 0.29) is 6.61 Å². The second-order valence-electron chi connectivity index (χ2n) is 5.63. The summed E-state index contributed by atoms with van der Waals surface area (Å²) in [5, 5.41) is 5.93. The van der Waals surface area contributed by atoms with Gasteiger partial charge in [-0.15, -0.1) is 11.3 Å². The number of esters is 2. The molecule has 0 N–H and O–H groups in total. The van der Waals surface area contributed by atoms with Crippen LogP contribution in [0.25, 0.3) is 15.9 Å². The van der Waals surface area contributed by atoms with Crippen molar-refractivity contribution in [2.24, 2.45) is 0 Å². The molecule has 3 aromatic rings. The number of cyclic esters (lactones) is 1. The lowest BCUT2D eigenvalue weighted by molar-refractivity contribution is -0.145. The van der Waals surface area contributed by atoms with Gasteiger partial charge in [-0.2, -0.15) is 5.10 Å². The van der Waals surface area contributed by atoms with E-state index in [0.717, 1.165) is 21.6 Å². The average Bonchev–Trinajstić information content (AvgIpc) is 3.26. The number of para-hydroxylation sites is 1. The zero-order valence-electron chi connectivity index (χ0n) is 13.2. The monoisotopic (exact) mass is 376 g/mol. The first kappa shape index (κ1) is 16.1. The minimum absolute atomic E-state index is 0.282. The molecule has 1 atom stereocenters. The topological polar surface area (TPSA) is 70.4 Å². The minimum Gasteiger partial charge on any atom is -0.463 e. The zero-order chi connectivity index (χ0) is 17.6. The van der Waals surface area contributed by atoms with Gasteiger partial charge in [-0.3, -0.25) is 0 Å². The van der Waals surface area contributed by atoms with Crippen LogP contribution in [0, 0.1) is 6.92 Å². The molecular formula is C17H13ClN2O4S. The van der Waals surface area contributed by atoms with Crippen LogP contribution >= 0.6 is 22.9 Å². The summed E-state index contributed by atoms with van der Waals surface area (Å²) in [7, 11) is 0. The van der Waals surface area contributed by atoms with Crippen LogP contribution in [-0.4, -0.2) is 34.4 Å². The third-order valence-electron chi connectivity index (χ3n) is 3.96. The molecule has 0 amide bonds. The Hall–Kier alpha value is -2.38. The number of carbonyl (C=O) groups is 2. The van der Waals surface area contributed by atoms with Crippen LogP contribution in [-0.2, 0) is 14.3 Å². The van der Waals surface area contributed by atoms with E-state index in [1.807, 2.05) is 25.1 Å². The maximum atomic E-state index is 12.4. The molecule has 1 fully saturated rings. The fraction of sp³-hybridized carbons (Fsp3) is 0.235. The standard InChI is InChI=1S/C17H13ClN2O4S/c1-9-10-8-14(17(22)24-13-6-7-23-16(13)21)25-15(10)20(19-9)12-5-3-2-4-11(12)18/h2-5,8,13H,6-7H2,1H3/t13-/m0/s1. The number of hydrogen-bond donors (Lipinski definition) is 0. The lowest BCUT2D eigenvalue weighted by Crippen LogP contribution is -2.22. The summed E-state index contributed by atoms with van der Waals surface area (Å²) in [6.45, 7) is 2.15. The number of nitrogens with zero attached hydrogens (tertiary/aromatic N) is 2. The second kappa shape index (κ2) is 6.16. The summed E-state index contributed by atoms with van der Waals surface area (Å²) < 4.78 is 11.8. The van der Waals surface area contributed by atoms with E-state index in [1.165, 1.54) is 11.3 Å². The fourth-order valence-electron chi connectivity index (χ4n) is 2.71. The molecule has 0 aliphatic carbocycles. The van der Waals surface area contributed by atoms with Gasteiger partial charge in [0.05, 0.1) is 23.0 Å². The van der Waals surface area contributed by atoms with Crippen molar-refractivity contribution in [2.45, 2.75) is 19.4 Å². The van der Waals surface area contributed by atoms with Crippen LogP contribution in [0.2, 0.25) is 5.02 Å².